The van der Waals surface area contributed by atoms with Crippen molar-refractivity contribution in [2.45, 2.75) is 13.8 Å². The van der Waals surface area contributed by atoms with Gasteiger partial charge in [-0.1, -0.05) is 6.07 Å². The summed E-state index contributed by atoms with van der Waals surface area (Å²) in [5.74, 6) is 2.71. The number of hydrogen-bond acceptors (Lipinski definition) is 6. The molecular formula is C16H15N5O. The highest BCUT2D eigenvalue weighted by molar-refractivity contribution is 5.74. The number of phenolic OH excluding ortho intramolecular Hbond substituents is 1. The summed E-state index contributed by atoms with van der Waals surface area (Å²) < 4.78 is 0. The van der Waals surface area contributed by atoms with Crippen LogP contribution in [0.3, 0.4) is 0 Å². The van der Waals surface area contributed by atoms with Gasteiger partial charge in [-0.2, -0.15) is 0 Å². The summed E-state index contributed by atoms with van der Waals surface area (Å²) in [5, 5.41) is 12.7. The highest BCUT2D eigenvalue weighted by Gasteiger charge is 2.11. The third kappa shape index (κ3) is 3.01. The fraction of sp³-hybridized carbons (Fsp3) is 0.125. The van der Waals surface area contributed by atoms with Gasteiger partial charge in [-0.05, 0) is 38.1 Å². The summed E-state index contributed by atoms with van der Waals surface area (Å²) in [6.45, 7) is 3.66. The number of rotatable bonds is 3. The minimum Gasteiger partial charge on any atom is -0.508 e. The zero-order chi connectivity index (χ0) is 15.5. The second kappa shape index (κ2) is 5.77. The molecule has 0 saturated heterocycles. The van der Waals surface area contributed by atoms with Gasteiger partial charge >= 0.3 is 0 Å². The van der Waals surface area contributed by atoms with Crippen LogP contribution >= 0.6 is 0 Å². The minimum absolute atomic E-state index is 0.189. The number of nitrogens with zero attached hydrogens (tertiary/aromatic N) is 4. The van der Waals surface area contributed by atoms with Crippen LogP contribution in [0.1, 0.15) is 11.6 Å². The maximum absolute atomic E-state index is 9.56. The predicted molar refractivity (Wildman–Crippen MR) is 83.9 cm³/mol. The number of phenols is 1. The van der Waals surface area contributed by atoms with Crippen molar-refractivity contribution in [3.05, 3.63) is 54.2 Å². The van der Waals surface area contributed by atoms with E-state index in [-0.39, 0.29) is 5.75 Å². The van der Waals surface area contributed by atoms with Gasteiger partial charge in [0, 0.05) is 18.0 Å². The second-order valence-electron chi connectivity index (χ2n) is 4.83. The van der Waals surface area contributed by atoms with Gasteiger partial charge < -0.3 is 10.4 Å². The molecular weight excluding hydrogens is 278 g/mol. The van der Waals surface area contributed by atoms with Crippen LogP contribution in [0.2, 0.25) is 0 Å². The molecule has 0 amide bonds. The number of benzene rings is 1. The summed E-state index contributed by atoms with van der Waals surface area (Å²) in [5.41, 5.74) is 1.52. The van der Waals surface area contributed by atoms with Gasteiger partial charge in [-0.25, -0.2) is 19.9 Å². The van der Waals surface area contributed by atoms with Crippen LogP contribution in [0.25, 0.3) is 11.4 Å². The number of aromatic nitrogens is 4. The number of aromatic hydroxyl groups is 1. The second-order valence-corrected chi connectivity index (χ2v) is 4.83. The number of anilines is 2. The van der Waals surface area contributed by atoms with Gasteiger partial charge in [0.05, 0.1) is 5.56 Å². The van der Waals surface area contributed by atoms with E-state index in [1.165, 1.54) is 0 Å². The maximum atomic E-state index is 9.56. The Balaban J connectivity index is 2.03. The van der Waals surface area contributed by atoms with Crippen molar-refractivity contribution in [1.29, 1.82) is 0 Å². The minimum atomic E-state index is 0.189. The van der Waals surface area contributed by atoms with Crippen molar-refractivity contribution < 1.29 is 5.11 Å². The molecule has 0 unspecified atom stereocenters. The van der Waals surface area contributed by atoms with Crippen LogP contribution in [-0.2, 0) is 0 Å². The third-order valence-corrected chi connectivity index (χ3v) is 3.02. The van der Waals surface area contributed by atoms with Crippen molar-refractivity contribution in [3.63, 3.8) is 0 Å². The van der Waals surface area contributed by atoms with Crippen LogP contribution in [0.4, 0.5) is 11.5 Å². The lowest BCUT2D eigenvalue weighted by Gasteiger charge is -2.10. The Morgan fingerprint density at radius 2 is 1.73 bits per heavy atom. The third-order valence-electron chi connectivity index (χ3n) is 3.02. The molecule has 110 valence electrons. The van der Waals surface area contributed by atoms with E-state index < -0.39 is 0 Å². The summed E-state index contributed by atoms with van der Waals surface area (Å²) >= 11 is 0. The standard InChI is InChI=1S/C16H15N5O/c1-10-18-11(2)20-16(19-10)14-7-4-8-17-15(14)21-12-5-3-6-13(22)9-12/h3-9,22H,1-2H3,(H,17,21). The number of aryl methyl sites for hydroxylation is 2. The number of nitrogens with one attached hydrogen (secondary N) is 1. The van der Waals surface area contributed by atoms with E-state index in [2.05, 4.69) is 25.3 Å². The zero-order valence-electron chi connectivity index (χ0n) is 12.3. The first-order valence-corrected chi connectivity index (χ1v) is 6.82. The van der Waals surface area contributed by atoms with Gasteiger partial charge in [0.25, 0.3) is 0 Å². The number of pyridine rings is 1. The zero-order valence-corrected chi connectivity index (χ0v) is 12.3. The van der Waals surface area contributed by atoms with Crippen LogP contribution in [0, 0.1) is 13.8 Å². The van der Waals surface area contributed by atoms with Gasteiger partial charge in [0.15, 0.2) is 5.82 Å². The highest BCUT2D eigenvalue weighted by Crippen LogP contribution is 2.27. The lowest BCUT2D eigenvalue weighted by molar-refractivity contribution is 0.475. The Morgan fingerprint density at radius 1 is 0.955 bits per heavy atom. The molecule has 3 rings (SSSR count). The van der Waals surface area contributed by atoms with Crippen LogP contribution in [0.15, 0.2) is 42.6 Å². The fourth-order valence-corrected chi connectivity index (χ4v) is 2.14. The van der Waals surface area contributed by atoms with Crippen LogP contribution < -0.4 is 5.32 Å². The fourth-order valence-electron chi connectivity index (χ4n) is 2.14. The smallest absolute Gasteiger partial charge is 0.167 e. The van der Waals surface area contributed by atoms with Gasteiger partial charge in [-0.3, -0.25) is 0 Å². The molecule has 0 spiro atoms. The SMILES string of the molecule is Cc1nc(C)nc(-c2cccnc2Nc2cccc(O)c2)n1. The lowest BCUT2D eigenvalue weighted by Crippen LogP contribution is -2.02. The van der Waals surface area contributed by atoms with E-state index in [9.17, 15) is 5.11 Å². The first kappa shape index (κ1) is 13.9. The molecule has 0 atom stereocenters. The maximum Gasteiger partial charge on any atom is 0.167 e. The highest BCUT2D eigenvalue weighted by atomic mass is 16.3. The Hall–Kier alpha value is -3.02. The Labute approximate surface area is 127 Å². The van der Waals surface area contributed by atoms with E-state index in [0.29, 0.717) is 23.3 Å². The van der Waals surface area contributed by atoms with Crippen molar-refractivity contribution in [3.8, 4) is 17.1 Å². The summed E-state index contributed by atoms with van der Waals surface area (Å²) in [7, 11) is 0. The molecule has 2 heterocycles. The van der Waals surface area contributed by atoms with Crippen LogP contribution in [0.5, 0.6) is 5.75 Å². The Morgan fingerprint density at radius 3 is 2.45 bits per heavy atom. The lowest BCUT2D eigenvalue weighted by atomic mass is 10.2. The molecule has 2 N–H and O–H groups in total. The van der Waals surface area contributed by atoms with Gasteiger partial charge in [0.1, 0.15) is 23.2 Å². The molecule has 0 aliphatic carbocycles. The quantitative estimate of drug-likeness (QED) is 0.772. The van der Waals surface area contributed by atoms with Crippen molar-refractivity contribution >= 4 is 11.5 Å². The monoisotopic (exact) mass is 293 g/mol. The van der Waals surface area contributed by atoms with E-state index >= 15 is 0 Å². The predicted octanol–water partition coefficient (Wildman–Crippen LogP) is 3.00. The molecule has 2 aromatic heterocycles. The average molecular weight is 293 g/mol. The molecule has 1 aromatic carbocycles. The van der Waals surface area contributed by atoms with Crippen molar-refractivity contribution in [1.82, 2.24) is 19.9 Å². The summed E-state index contributed by atoms with van der Waals surface area (Å²) in [4.78, 5) is 17.3. The van der Waals surface area contributed by atoms with Gasteiger partial charge in [0.2, 0.25) is 0 Å². The molecule has 0 bridgehead atoms. The topological polar surface area (TPSA) is 83.8 Å². The first-order valence-electron chi connectivity index (χ1n) is 6.82. The molecule has 0 radical (unpaired) electrons. The van der Waals surface area contributed by atoms with E-state index in [4.69, 9.17) is 0 Å². The first-order chi connectivity index (χ1) is 10.6. The number of hydrogen-bond donors (Lipinski definition) is 2. The summed E-state index contributed by atoms with van der Waals surface area (Å²) in [6.07, 6.45) is 1.69. The van der Waals surface area contributed by atoms with Crippen molar-refractivity contribution in [2.75, 3.05) is 5.32 Å². The van der Waals surface area contributed by atoms with E-state index in [1.54, 1.807) is 24.4 Å². The molecule has 0 fully saturated rings. The molecule has 6 nitrogen and oxygen atoms in total. The van der Waals surface area contributed by atoms with E-state index in [1.807, 2.05) is 32.0 Å². The molecule has 0 saturated carbocycles. The molecule has 6 heteroatoms. The normalized spacial score (nSPS) is 10.5. The van der Waals surface area contributed by atoms with Gasteiger partial charge in [-0.15, -0.1) is 0 Å². The van der Waals surface area contributed by atoms with Crippen molar-refractivity contribution in [2.24, 2.45) is 0 Å². The molecule has 3 aromatic rings. The summed E-state index contributed by atoms with van der Waals surface area (Å²) in [6, 6.07) is 10.6. The van der Waals surface area contributed by atoms with E-state index in [0.717, 1.165) is 11.3 Å². The Bertz CT molecular complexity index is 799. The van der Waals surface area contributed by atoms with Crippen LogP contribution in [-0.4, -0.2) is 25.0 Å². The molecule has 0 aliphatic rings. The average Bonchev–Trinajstić information content (AvgIpc) is 2.47. The molecule has 22 heavy (non-hydrogen) atoms. The Kier molecular flexibility index (Phi) is 3.65. The molecule has 0 aliphatic heterocycles. The largest absolute Gasteiger partial charge is 0.508 e.